The molecule has 1 aliphatic rings. The monoisotopic (exact) mass is 300 g/mol. The molecular formula is C17H20N2OS. The lowest BCUT2D eigenvalue weighted by Crippen LogP contribution is -2.05. The van der Waals surface area contributed by atoms with Gasteiger partial charge in [-0.1, -0.05) is 24.4 Å². The Morgan fingerprint density at radius 1 is 1.33 bits per heavy atom. The highest BCUT2D eigenvalue weighted by Crippen LogP contribution is 2.39. The second kappa shape index (κ2) is 5.60. The van der Waals surface area contributed by atoms with Crippen LogP contribution in [0, 0.1) is 11.6 Å². The highest BCUT2D eigenvalue weighted by Gasteiger charge is 2.26. The highest BCUT2D eigenvalue weighted by molar-refractivity contribution is 7.71. The van der Waals surface area contributed by atoms with Gasteiger partial charge in [-0.25, -0.2) is 4.98 Å². The Kier molecular flexibility index (Phi) is 3.81. The molecule has 3 rings (SSSR count). The maximum atomic E-state index is 5.78. The van der Waals surface area contributed by atoms with Gasteiger partial charge in [0, 0.05) is 17.0 Å². The van der Waals surface area contributed by atoms with Gasteiger partial charge < -0.3 is 9.72 Å². The number of hydrogen-bond acceptors (Lipinski definition) is 3. The Labute approximate surface area is 130 Å². The van der Waals surface area contributed by atoms with E-state index in [2.05, 4.69) is 22.1 Å². The Balaban J connectivity index is 2.05. The van der Waals surface area contributed by atoms with Gasteiger partial charge in [0.25, 0.3) is 0 Å². The van der Waals surface area contributed by atoms with E-state index in [1.54, 1.807) is 0 Å². The van der Waals surface area contributed by atoms with Gasteiger partial charge in [0.05, 0.1) is 11.8 Å². The molecule has 1 aromatic heterocycles. The van der Waals surface area contributed by atoms with Crippen molar-refractivity contribution in [2.24, 2.45) is 0 Å². The number of aromatic amines is 1. The van der Waals surface area contributed by atoms with Crippen LogP contribution in [0.2, 0.25) is 0 Å². The molecule has 110 valence electrons. The third-order valence-electron chi connectivity index (χ3n) is 3.63. The van der Waals surface area contributed by atoms with E-state index in [1.165, 1.54) is 12.8 Å². The first-order chi connectivity index (χ1) is 10.0. The van der Waals surface area contributed by atoms with Crippen molar-refractivity contribution in [1.29, 1.82) is 0 Å². The van der Waals surface area contributed by atoms with E-state index in [4.69, 9.17) is 17.0 Å². The van der Waals surface area contributed by atoms with Crippen LogP contribution in [0.4, 0.5) is 0 Å². The third kappa shape index (κ3) is 3.16. The summed E-state index contributed by atoms with van der Waals surface area (Å²) in [5.41, 5.74) is 3.18. The smallest absolute Gasteiger partial charge is 0.133 e. The van der Waals surface area contributed by atoms with Crippen LogP contribution in [0.1, 0.15) is 44.0 Å². The van der Waals surface area contributed by atoms with Crippen LogP contribution in [0.25, 0.3) is 11.3 Å². The summed E-state index contributed by atoms with van der Waals surface area (Å²) in [6, 6.07) is 8.14. The van der Waals surface area contributed by atoms with E-state index in [0.717, 1.165) is 28.4 Å². The summed E-state index contributed by atoms with van der Waals surface area (Å²) in [4.78, 5) is 8.00. The molecule has 1 aromatic carbocycles. The molecule has 1 heterocycles. The zero-order valence-electron chi connectivity index (χ0n) is 12.6. The number of nitrogens with zero attached hydrogens (tertiary/aromatic N) is 1. The summed E-state index contributed by atoms with van der Waals surface area (Å²) in [7, 11) is 0. The largest absolute Gasteiger partial charge is 0.491 e. The first kappa shape index (κ1) is 14.3. The number of ether oxygens (including phenoxy) is 1. The zero-order chi connectivity index (χ0) is 15.0. The van der Waals surface area contributed by atoms with E-state index in [9.17, 15) is 0 Å². The highest BCUT2D eigenvalue weighted by atomic mass is 32.1. The van der Waals surface area contributed by atoms with E-state index in [1.807, 2.05) is 32.9 Å². The van der Waals surface area contributed by atoms with E-state index in [0.29, 0.717) is 10.6 Å². The summed E-state index contributed by atoms with van der Waals surface area (Å²) in [6.07, 6.45) is 2.58. The third-order valence-corrected chi connectivity index (χ3v) is 4.03. The van der Waals surface area contributed by atoms with Gasteiger partial charge in [0.2, 0.25) is 0 Å². The van der Waals surface area contributed by atoms with Gasteiger partial charge in [0.15, 0.2) is 0 Å². The van der Waals surface area contributed by atoms with Crippen molar-refractivity contribution in [2.45, 2.75) is 45.6 Å². The fourth-order valence-electron chi connectivity index (χ4n) is 2.39. The minimum Gasteiger partial charge on any atom is -0.491 e. The average Bonchev–Trinajstić information content (AvgIpc) is 3.25. The molecule has 0 saturated heterocycles. The standard InChI is InChI=1S/C17H20N2OS/c1-10(2)20-14-6-4-5-13(9-14)15-11(3)17(21)19-16(18-15)12-7-8-12/h4-6,9-10,12H,7-8H2,1-3H3,(H,18,19,21). The van der Waals surface area contributed by atoms with E-state index >= 15 is 0 Å². The molecule has 4 heteroatoms. The molecule has 21 heavy (non-hydrogen) atoms. The van der Waals surface area contributed by atoms with Gasteiger partial charge in [-0.3, -0.25) is 0 Å². The topological polar surface area (TPSA) is 37.9 Å². The Morgan fingerprint density at radius 2 is 2.10 bits per heavy atom. The molecule has 0 spiro atoms. The van der Waals surface area contributed by atoms with Crippen molar-refractivity contribution < 1.29 is 4.74 Å². The lowest BCUT2D eigenvalue weighted by molar-refractivity contribution is 0.242. The number of H-pyrrole nitrogens is 1. The summed E-state index contributed by atoms with van der Waals surface area (Å²) in [5, 5.41) is 0. The van der Waals surface area contributed by atoms with Crippen molar-refractivity contribution in [3.8, 4) is 17.0 Å². The van der Waals surface area contributed by atoms with Crippen LogP contribution in [0.5, 0.6) is 5.75 Å². The number of hydrogen-bond donors (Lipinski definition) is 1. The molecule has 0 radical (unpaired) electrons. The molecule has 3 nitrogen and oxygen atoms in total. The summed E-state index contributed by atoms with van der Waals surface area (Å²) in [6.45, 7) is 6.08. The maximum absolute atomic E-state index is 5.78. The van der Waals surface area contributed by atoms with Crippen molar-refractivity contribution in [3.63, 3.8) is 0 Å². The van der Waals surface area contributed by atoms with Crippen molar-refractivity contribution in [2.75, 3.05) is 0 Å². The second-order valence-electron chi connectivity index (χ2n) is 5.90. The quantitative estimate of drug-likeness (QED) is 0.826. The fraction of sp³-hybridized carbons (Fsp3) is 0.412. The molecule has 2 aromatic rings. The summed E-state index contributed by atoms with van der Waals surface area (Å²) in [5.74, 6) is 2.46. The SMILES string of the molecule is Cc1c(-c2cccc(OC(C)C)c2)[nH]c(C2CC2)nc1=S. The molecule has 1 fully saturated rings. The first-order valence-electron chi connectivity index (χ1n) is 7.42. The fourth-order valence-corrected chi connectivity index (χ4v) is 2.59. The molecule has 0 atom stereocenters. The molecule has 1 saturated carbocycles. The van der Waals surface area contributed by atoms with E-state index < -0.39 is 0 Å². The van der Waals surface area contributed by atoms with Crippen LogP contribution < -0.4 is 4.74 Å². The summed E-state index contributed by atoms with van der Waals surface area (Å²) >= 11 is 5.42. The average molecular weight is 300 g/mol. The van der Waals surface area contributed by atoms with E-state index in [-0.39, 0.29) is 6.10 Å². The second-order valence-corrected chi connectivity index (χ2v) is 6.28. The van der Waals surface area contributed by atoms with Gasteiger partial charge in [-0.15, -0.1) is 0 Å². The number of benzene rings is 1. The molecule has 0 unspecified atom stereocenters. The molecule has 0 amide bonds. The molecule has 0 aliphatic heterocycles. The van der Waals surface area contributed by atoms with Crippen molar-refractivity contribution in [3.05, 3.63) is 40.3 Å². The predicted molar refractivity (Wildman–Crippen MR) is 87.3 cm³/mol. The zero-order valence-corrected chi connectivity index (χ0v) is 13.5. The number of aromatic nitrogens is 2. The normalized spacial score (nSPS) is 14.5. The molecular weight excluding hydrogens is 280 g/mol. The Hall–Kier alpha value is -1.68. The van der Waals surface area contributed by atoms with Gasteiger partial charge in [0.1, 0.15) is 16.2 Å². The first-order valence-corrected chi connectivity index (χ1v) is 7.83. The van der Waals surface area contributed by atoms with Crippen LogP contribution in [0.3, 0.4) is 0 Å². The van der Waals surface area contributed by atoms with Gasteiger partial charge >= 0.3 is 0 Å². The maximum Gasteiger partial charge on any atom is 0.133 e. The van der Waals surface area contributed by atoms with Gasteiger partial charge in [-0.05, 0) is 45.7 Å². The van der Waals surface area contributed by atoms with Gasteiger partial charge in [-0.2, -0.15) is 0 Å². The van der Waals surface area contributed by atoms with Crippen LogP contribution in [0.15, 0.2) is 24.3 Å². The molecule has 0 bridgehead atoms. The van der Waals surface area contributed by atoms with Crippen LogP contribution in [-0.2, 0) is 0 Å². The number of rotatable bonds is 4. The Morgan fingerprint density at radius 3 is 2.76 bits per heavy atom. The van der Waals surface area contributed by atoms with Crippen LogP contribution in [-0.4, -0.2) is 16.1 Å². The lowest BCUT2D eigenvalue weighted by Gasteiger charge is -2.13. The van der Waals surface area contributed by atoms with Crippen molar-refractivity contribution in [1.82, 2.24) is 9.97 Å². The molecule has 1 N–H and O–H groups in total. The van der Waals surface area contributed by atoms with Crippen LogP contribution >= 0.6 is 12.2 Å². The van der Waals surface area contributed by atoms with Crippen molar-refractivity contribution >= 4 is 12.2 Å². The minimum absolute atomic E-state index is 0.166. The summed E-state index contributed by atoms with van der Waals surface area (Å²) < 4.78 is 6.48. The lowest BCUT2D eigenvalue weighted by atomic mass is 10.1. The minimum atomic E-state index is 0.166. The molecule has 1 aliphatic carbocycles. The Bertz CT molecular complexity index is 717. The number of nitrogens with one attached hydrogen (secondary N) is 1. The predicted octanol–water partition coefficient (Wildman–Crippen LogP) is 4.78.